The number of nitrogens with one attached hydrogen (secondary N) is 1. The Kier molecular flexibility index (Phi) is 3.82. The van der Waals surface area contributed by atoms with Crippen molar-refractivity contribution in [2.24, 2.45) is 0 Å². The van der Waals surface area contributed by atoms with Crippen molar-refractivity contribution >= 4 is 16.9 Å². The number of nitrogens with zero attached hydrogens (tertiary/aromatic N) is 4. The number of anilines is 1. The number of rotatable bonds is 3. The Bertz CT molecular complexity index is 850. The van der Waals surface area contributed by atoms with Crippen LogP contribution in [0.3, 0.4) is 0 Å². The van der Waals surface area contributed by atoms with Crippen molar-refractivity contribution in [2.75, 3.05) is 38.2 Å². The highest BCUT2D eigenvalue weighted by Crippen LogP contribution is 2.25. The average molecular weight is 323 g/mol. The Labute approximate surface area is 141 Å². The number of pyridine rings is 1. The number of aromatic nitrogens is 3. The van der Waals surface area contributed by atoms with E-state index in [-0.39, 0.29) is 0 Å². The molecule has 0 bridgehead atoms. The molecule has 6 nitrogen and oxygen atoms in total. The number of imidazole rings is 1. The molecule has 124 valence electrons. The maximum Gasteiger partial charge on any atom is 0.143 e. The first-order valence-corrected chi connectivity index (χ1v) is 8.22. The molecule has 0 spiro atoms. The lowest BCUT2D eigenvalue weighted by molar-refractivity contribution is 0.171. The van der Waals surface area contributed by atoms with Crippen LogP contribution in [0, 0.1) is 6.92 Å². The molecule has 0 unspecified atom stereocenters. The Hall–Kier alpha value is -2.60. The maximum absolute atomic E-state index is 5.41. The molecule has 3 heterocycles. The lowest BCUT2D eigenvalue weighted by Crippen LogP contribution is -2.43. The normalized spacial score (nSPS) is 15.0. The molecule has 0 aliphatic carbocycles. The molecular weight excluding hydrogens is 302 g/mol. The Morgan fingerprint density at radius 3 is 2.58 bits per heavy atom. The summed E-state index contributed by atoms with van der Waals surface area (Å²) in [6, 6.07) is 10.4. The molecule has 0 atom stereocenters. The van der Waals surface area contributed by atoms with E-state index in [2.05, 4.69) is 44.5 Å². The van der Waals surface area contributed by atoms with Gasteiger partial charge in [-0.25, -0.2) is 9.97 Å². The fourth-order valence-electron chi connectivity index (χ4n) is 3.22. The smallest absolute Gasteiger partial charge is 0.143 e. The molecule has 0 radical (unpaired) electrons. The summed E-state index contributed by atoms with van der Waals surface area (Å²) in [5.74, 6) is 1.89. The van der Waals surface area contributed by atoms with Crippen LogP contribution in [0.2, 0.25) is 0 Å². The fraction of sp³-hybridized carbons (Fsp3) is 0.333. The van der Waals surface area contributed by atoms with Crippen LogP contribution in [-0.2, 0) is 0 Å². The first-order valence-electron chi connectivity index (χ1n) is 8.22. The minimum absolute atomic E-state index is 0.844. The molecule has 0 saturated carbocycles. The Balaban J connectivity index is 1.66. The minimum Gasteiger partial charge on any atom is -0.415 e. The van der Waals surface area contributed by atoms with Crippen molar-refractivity contribution in [1.29, 1.82) is 0 Å². The van der Waals surface area contributed by atoms with E-state index in [1.807, 2.05) is 19.2 Å². The summed E-state index contributed by atoms with van der Waals surface area (Å²) in [5, 5.41) is 3.36. The molecular formula is C18H21N5O. The second-order valence-corrected chi connectivity index (χ2v) is 5.98. The lowest BCUT2D eigenvalue weighted by atomic mass is 10.1. The summed E-state index contributed by atoms with van der Waals surface area (Å²) in [7, 11) is 1.66. The molecule has 3 aromatic rings. The van der Waals surface area contributed by atoms with Crippen molar-refractivity contribution in [1.82, 2.24) is 20.0 Å². The van der Waals surface area contributed by atoms with Crippen LogP contribution in [0.4, 0.5) is 5.82 Å². The van der Waals surface area contributed by atoms with E-state index < -0.39 is 0 Å². The molecule has 4 rings (SSSR count). The first-order chi connectivity index (χ1) is 11.8. The highest BCUT2D eigenvalue weighted by Gasteiger charge is 2.12. The SMILES string of the molecule is COn1c(C)nc2ccc(-c3ccc(N4CCNCC4)nc3)cc21. The van der Waals surface area contributed by atoms with E-state index in [4.69, 9.17) is 4.84 Å². The molecule has 1 N–H and O–H groups in total. The largest absolute Gasteiger partial charge is 0.415 e. The summed E-state index contributed by atoms with van der Waals surface area (Å²) in [6.07, 6.45) is 1.94. The molecule has 1 aliphatic heterocycles. The molecule has 1 fully saturated rings. The van der Waals surface area contributed by atoms with E-state index in [1.165, 1.54) is 0 Å². The number of hydrogen-bond acceptors (Lipinski definition) is 5. The fourth-order valence-corrected chi connectivity index (χ4v) is 3.22. The van der Waals surface area contributed by atoms with Gasteiger partial charge < -0.3 is 15.1 Å². The zero-order chi connectivity index (χ0) is 16.5. The third kappa shape index (κ3) is 2.59. The van der Waals surface area contributed by atoms with Crippen molar-refractivity contribution in [3.63, 3.8) is 0 Å². The van der Waals surface area contributed by atoms with Gasteiger partial charge in [-0.2, -0.15) is 4.73 Å². The quantitative estimate of drug-likeness (QED) is 0.797. The van der Waals surface area contributed by atoms with Gasteiger partial charge in [0.15, 0.2) is 0 Å². The maximum atomic E-state index is 5.41. The van der Waals surface area contributed by atoms with Crippen LogP contribution in [0.15, 0.2) is 36.5 Å². The van der Waals surface area contributed by atoms with Crippen LogP contribution in [0.25, 0.3) is 22.2 Å². The van der Waals surface area contributed by atoms with Crippen molar-refractivity contribution in [3.8, 4) is 11.1 Å². The van der Waals surface area contributed by atoms with Gasteiger partial charge in [-0.3, -0.25) is 0 Å². The summed E-state index contributed by atoms with van der Waals surface area (Å²) in [5.41, 5.74) is 4.11. The first kappa shape index (κ1) is 15.0. The molecule has 6 heteroatoms. The van der Waals surface area contributed by atoms with Crippen LogP contribution < -0.4 is 15.1 Å². The van der Waals surface area contributed by atoms with Gasteiger partial charge >= 0.3 is 0 Å². The van der Waals surface area contributed by atoms with Gasteiger partial charge in [0.2, 0.25) is 0 Å². The molecule has 0 amide bonds. The van der Waals surface area contributed by atoms with Gasteiger partial charge in [0.05, 0.1) is 5.52 Å². The van der Waals surface area contributed by atoms with Crippen molar-refractivity contribution in [2.45, 2.75) is 6.92 Å². The molecule has 1 aliphatic rings. The second-order valence-electron chi connectivity index (χ2n) is 5.98. The predicted octanol–water partition coefficient (Wildman–Crippen LogP) is 1.87. The number of hydrogen-bond donors (Lipinski definition) is 1. The minimum atomic E-state index is 0.844. The zero-order valence-electron chi connectivity index (χ0n) is 14.0. The van der Waals surface area contributed by atoms with E-state index in [9.17, 15) is 0 Å². The predicted molar refractivity (Wildman–Crippen MR) is 95.3 cm³/mol. The molecule has 2 aromatic heterocycles. The van der Waals surface area contributed by atoms with E-state index in [1.54, 1.807) is 11.8 Å². The second kappa shape index (κ2) is 6.13. The van der Waals surface area contributed by atoms with Gasteiger partial charge in [0, 0.05) is 37.9 Å². The third-order valence-corrected chi connectivity index (χ3v) is 4.48. The summed E-state index contributed by atoms with van der Waals surface area (Å²) >= 11 is 0. The van der Waals surface area contributed by atoms with Crippen molar-refractivity contribution < 1.29 is 4.84 Å². The van der Waals surface area contributed by atoms with Gasteiger partial charge in [-0.05, 0) is 36.8 Å². The average Bonchev–Trinajstić information content (AvgIpc) is 2.96. The number of aryl methyl sites for hydroxylation is 1. The van der Waals surface area contributed by atoms with Crippen LogP contribution in [0.5, 0.6) is 0 Å². The van der Waals surface area contributed by atoms with E-state index >= 15 is 0 Å². The van der Waals surface area contributed by atoms with Gasteiger partial charge in [0.25, 0.3) is 0 Å². The molecule has 24 heavy (non-hydrogen) atoms. The third-order valence-electron chi connectivity index (χ3n) is 4.48. The Morgan fingerprint density at radius 2 is 1.88 bits per heavy atom. The van der Waals surface area contributed by atoms with Crippen LogP contribution in [-0.4, -0.2) is 48.0 Å². The zero-order valence-corrected chi connectivity index (χ0v) is 14.0. The summed E-state index contributed by atoms with van der Waals surface area (Å²) in [6.45, 7) is 5.98. The summed E-state index contributed by atoms with van der Waals surface area (Å²) < 4.78 is 1.75. The standard InChI is InChI=1S/C18H21N5O/c1-13-21-16-5-3-14(11-17(16)23(13)24-2)15-4-6-18(20-12-15)22-9-7-19-8-10-22/h3-6,11-12,19H,7-10H2,1-2H3. The van der Waals surface area contributed by atoms with Gasteiger partial charge in [-0.1, -0.05) is 6.07 Å². The van der Waals surface area contributed by atoms with Gasteiger partial charge in [-0.15, -0.1) is 0 Å². The molecule has 1 aromatic carbocycles. The number of benzene rings is 1. The van der Waals surface area contributed by atoms with Crippen LogP contribution >= 0.6 is 0 Å². The van der Waals surface area contributed by atoms with Crippen molar-refractivity contribution in [3.05, 3.63) is 42.4 Å². The highest BCUT2D eigenvalue weighted by atomic mass is 16.6. The monoisotopic (exact) mass is 323 g/mol. The highest BCUT2D eigenvalue weighted by molar-refractivity contribution is 5.82. The topological polar surface area (TPSA) is 55.2 Å². The van der Waals surface area contributed by atoms with Gasteiger partial charge in [0.1, 0.15) is 24.3 Å². The summed E-state index contributed by atoms with van der Waals surface area (Å²) in [4.78, 5) is 16.9. The van der Waals surface area contributed by atoms with E-state index in [0.717, 1.165) is 60.0 Å². The van der Waals surface area contributed by atoms with E-state index in [0.29, 0.717) is 0 Å². The molecule has 1 saturated heterocycles. The number of piperazine rings is 1. The Morgan fingerprint density at radius 1 is 1.08 bits per heavy atom. The number of fused-ring (bicyclic) bond motifs is 1. The van der Waals surface area contributed by atoms with Crippen LogP contribution in [0.1, 0.15) is 5.82 Å². The lowest BCUT2D eigenvalue weighted by Gasteiger charge is -2.28.